The van der Waals surface area contributed by atoms with Gasteiger partial charge in [0.1, 0.15) is 11.6 Å². The predicted octanol–water partition coefficient (Wildman–Crippen LogP) is 3.43. The molecule has 3 rings (SSSR count). The van der Waals surface area contributed by atoms with Crippen LogP contribution in [0.25, 0.3) is 6.08 Å². The summed E-state index contributed by atoms with van der Waals surface area (Å²) in [4.78, 5) is 26.9. The highest BCUT2D eigenvalue weighted by Crippen LogP contribution is 2.22. The van der Waals surface area contributed by atoms with E-state index in [4.69, 9.17) is 10.00 Å². The second-order valence-corrected chi connectivity index (χ2v) is 7.68. The van der Waals surface area contributed by atoms with Crippen LogP contribution in [0.1, 0.15) is 34.3 Å². The second kappa shape index (κ2) is 11.2. The predicted molar refractivity (Wildman–Crippen MR) is 120 cm³/mol. The van der Waals surface area contributed by atoms with Gasteiger partial charge >= 0.3 is 0 Å². The number of Topliss-reactive ketones (excluding diaryl/α,β-unsaturated/α-hetero) is 1. The number of piperidine rings is 1. The van der Waals surface area contributed by atoms with Crippen molar-refractivity contribution in [1.29, 1.82) is 5.26 Å². The molecule has 1 amide bonds. The molecule has 0 unspecified atom stereocenters. The summed E-state index contributed by atoms with van der Waals surface area (Å²) in [6.45, 7) is 2.75. The summed E-state index contributed by atoms with van der Waals surface area (Å²) < 4.78 is 18.3. The Morgan fingerprint density at radius 3 is 2.59 bits per heavy atom. The number of nitrogens with one attached hydrogen (secondary N) is 1. The van der Waals surface area contributed by atoms with Crippen molar-refractivity contribution in [3.8, 4) is 11.8 Å². The topological polar surface area (TPSA) is 82.4 Å². The number of amides is 1. The van der Waals surface area contributed by atoms with Crippen LogP contribution >= 0.6 is 0 Å². The molecule has 32 heavy (non-hydrogen) atoms. The van der Waals surface area contributed by atoms with Crippen molar-refractivity contribution in [3.63, 3.8) is 0 Å². The molecule has 0 aliphatic carbocycles. The lowest BCUT2D eigenvalue weighted by atomic mass is 9.89. The average Bonchev–Trinajstić information content (AvgIpc) is 2.83. The molecule has 7 heteroatoms. The molecule has 0 aromatic heterocycles. The molecular weight excluding hydrogens is 409 g/mol. The number of carbonyl (C=O) groups is 2. The van der Waals surface area contributed by atoms with Gasteiger partial charge in [0, 0.05) is 36.2 Å². The minimum Gasteiger partial charge on any atom is -0.496 e. The van der Waals surface area contributed by atoms with Crippen LogP contribution in [-0.2, 0) is 4.79 Å². The fourth-order valence-corrected chi connectivity index (χ4v) is 3.76. The number of benzene rings is 2. The minimum atomic E-state index is -0.344. The highest BCUT2D eigenvalue weighted by molar-refractivity contribution is 5.97. The Balaban J connectivity index is 1.41. The van der Waals surface area contributed by atoms with Gasteiger partial charge in [0.15, 0.2) is 5.78 Å². The number of carbonyl (C=O) groups excluding carboxylic acids is 2. The van der Waals surface area contributed by atoms with E-state index >= 15 is 0 Å². The van der Waals surface area contributed by atoms with Crippen molar-refractivity contribution in [1.82, 2.24) is 10.2 Å². The van der Waals surface area contributed by atoms with Gasteiger partial charge in [-0.05, 0) is 74.5 Å². The average molecular weight is 435 g/mol. The smallest absolute Gasteiger partial charge is 0.244 e. The maximum Gasteiger partial charge on any atom is 0.244 e. The SMILES string of the molecule is COc1ccc(C#N)cc1/C=C/C(=O)NCCN1CCC(C(=O)c2ccc(F)cc2)CC1. The molecule has 0 radical (unpaired) electrons. The molecule has 6 nitrogen and oxygen atoms in total. The molecule has 2 aromatic carbocycles. The number of halogens is 1. The van der Waals surface area contributed by atoms with E-state index in [1.165, 1.54) is 25.3 Å². The summed E-state index contributed by atoms with van der Waals surface area (Å²) in [6, 6.07) is 12.8. The van der Waals surface area contributed by atoms with Crippen molar-refractivity contribution in [2.75, 3.05) is 33.3 Å². The standard InChI is InChI=1S/C25H26FN3O3/c1-32-23-8-2-18(17-27)16-21(23)5-9-24(30)28-12-15-29-13-10-20(11-14-29)25(31)19-3-6-22(26)7-4-19/h2-9,16,20H,10-15H2,1H3,(H,28,30)/b9-5+. The van der Waals surface area contributed by atoms with Gasteiger partial charge in [-0.25, -0.2) is 4.39 Å². The first-order valence-electron chi connectivity index (χ1n) is 10.6. The molecule has 1 N–H and O–H groups in total. The Bertz CT molecular complexity index is 1020. The fourth-order valence-electron chi connectivity index (χ4n) is 3.76. The largest absolute Gasteiger partial charge is 0.496 e. The summed E-state index contributed by atoms with van der Waals surface area (Å²) >= 11 is 0. The van der Waals surface area contributed by atoms with Gasteiger partial charge in [0.25, 0.3) is 0 Å². The first-order chi connectivity index (χ1) is 15.5. The molecule has 1 aliphatic heterocycles. The number of rotatable bonds is 8. The zero-order valence-corrected chi connectivity index (χ0v) is 18.0. The van der Waals surface area contributed by atoms with E-state index in [2.05, 4.69) is 16.3 Å². The third-order valence-electron chi connectivity index (χ3n) is 5.59. The summed E-state index contributed by atoms with van der Waals surface area (Å²) in [7, 11) is 1.54. The lowest BCUT2D eigenvalue weighted by Gasteiger charge is -2.31. The van der Waals surface area contributed by atoms with Crippen LogP contribution in [0.3, 0.4) is 0 Å². The van der Waals surface area contributed by atoms with Gasteiger partial charge in [-0.2, -0.15) is 5.26 Å². The minimum absolute atomic E-state index is 0.0478. The molecule has 1 saturated heterocycles. The number of ether oxygens (including phenoxy) is 1. The normalized spacial score (nSPS) is 14.8. The van der Waals surface area contributed by atoms with Crippen LogP contribution in [0, 0.1) is 23.1 Å². The van der Waals surface area contributed by atoms with Crippen LogP contribution in [0.15, 0.2) is 48.5 Å². The van der Waals surface area contributed by atoms with Gasteiger partial charge in [0.05, 0.1) is 18.7 Å². The Labute approximate surface area is 187 Å². The van der Waals surface area contributed by atoms with E-state index in [9.17, 15) is 14.0 Å². The molecule has 0 spiro atoms. The second-order valence-electron chi connectivity index (χ2n) is 7.68. The van der Waals surface area contributed by atoms with E-state index in [0.717, 1.165) is 25.9 Å². The number of likely N-dealkylation sites (tertiary alicyclic amines) is 1. The lowest BCUT2D eigenvalue weighted by molar-refractivity contribution is -0.116. The molecular formula is C25H26FN3O3. The maximum atomic E-state index is 13.0. The van der Waals surface area contributed by atoms with E-state index in [-0.39, 0.29) is 23.4 Å². The Hall–Kier alpha value is -3.50. The summed E-state index contributed by atoms with van der Waals surface area (Å²) in [5.41, 5.74) is 1.71. The van der Waals surface area contributed by atoms with E-state index in [0.29, 0.717) is 35.5 Å². The van der Waals surface area contributed by atoms with Crippen LogP contribution in [-0.4, -0.2) is 49.9 Å². The van der Waals surface area contributed by atoms with Crippen LogP contribution in [0.5, 0.6) is 5.75 Å². The Morgan fingerprint density at radius 1 is 1.22 bits per heavy atom. The number of nitrogens with zero attached hydrogens (tertiary/aromatic N) is 2. The van der Waals surface area contributed by atoms with E-state index in [1.807, 2.05) is 0 Å². The monoisotopic (exact) mass is 435 g/mol. The summed E-state index contributed by atoms with van der Waals surface area (Å²) in [5, 5.41) is 11.9. The molecule has 166 valence electrons. The fraction of sp³-hybridized carbons (Fsp3) is 0.320. The molecule has 1 aliphatic rings. The van der Waals surface area contributed by atoms with Crippen molar-refractivity contribution in [2.24, 2.45) is 5.92 Å². The third kappa shape index (κ3) is 6.25. The van der Waals surface area contributed by atoms with Gasteiger partial charge in [-0.1, -0.05) is 0 Å². The van der Waals surface area contributed by atoms with Gasteiger partial charge in [-0.3, -0.25) is 9.59 Å². The van der Waals surface area contributed by atoms with Gasteiger partial charge in [-0.15, -0.1) is 0 Å². The van der Waals surface area contributed by atoms with Gasteiger partial charge in [0.2, 0.25) is 5.91 Å². The highest BCUT2D eigenvalue weighted by atomic mass is 19.1. The van der Waals surface area contributed by atoms with E-state index < -0.39 is 0 Å². The van der Waals surface area contributed by atoms with Crippen LogP contribution < -0.4 is 10.1 Å². The van der Waals surface area contributed by atoms with Crippen molar-refractivity contribution in [3.05, 3.63) is 71.0 Å². The van der Waals surface area contributed by atoms with Gasteiger partial charge < -0.3 is 15.0 Å². The molecule has 0 bridgehead atoms. The Morgan fingerprint density at radius 2 is 1.94 bits per heavy atom. The quantitative estimate of drug-likeness (QED) is 0.507. The first kappa shape index (κ1) is 23.2. The molecule has 0 atom stereocenters. The molecule has 1 heterocycles. The summed E-state index contributed by atoms with van der Waals surface area (Å²) in [5.74, 6) is 0.0392. The molecule has 0 saturated carbocycles. The zero-order chi connectivity index (χ0) is 22.9. The molecule has 1 fully saturated rings. The third-order valence-corrected chi connectivity index (χ3v) is 5.59. The molecule has 2 aromatic rings. The number of nitriles is 1. The number of ketones is 1. The maximum absolute atomic E-state index is 13.0. The van der Waals surface area contributed by atoms with E-state index in [1.54, 1.807) is 36.4 Å². The number of methoxy groups -OCH3 is 1. The number of hydrogen-bond acceptors (Lipinski definition) is 5. The lowest BCUT2D eigenvalue weighted by Crippen LogP contribution is -2.40. The zero-order valence-electron chi connectivity index (χ0n) is 18.0. The number of hydrogen-bond donors (Lipinski definition) is 1. The van der Waals surface area contributed by atoms with Crippen LogP contribution in [0.2, 0.25) is 0 Å². The van der Waals surface area contributed by atoms with Crippen molar-refractivity contribution >= 4 is 17.8 Å². The first-order valence-corrected chi connectivity index (χ1v) is 10.6. The highest BCUT2D eigenvalue weighted by Gasteiger charge is 2.25. The Kier molecular flexibility index (Phi) is 8.12. The summed E-state index contributed by atoms with van der Waals surface area (Å²) in [6.07, 6.45) is 4.55. The van der Waals surface area contributed by atoms with Crippen molar-refractivity contribution in [2.45, 2.75) is 12.8 Å². The van der Waals surface area contributed by atoms with Crippen molar-refractivity contribution < 1.29 is 18.7 Å². The van der Waals surface area contributed by atoms with Crippen LogP contribution in [0.4, 0.5) is 4.39 Å².